The average molecular weight is 420 g/mol. The van der Waals surface area contributed by atoms with E-state index in [9.17, 15) is 12.8 Å². The molecule has 0 fully saturated rings. The molecule has 1 unspecified atom stereocenters. The molecule has 2 aromatic heterocycles. The Kier molecular flexibility index (Phi) is 5.98. The second kappa shape index (κ2) is 8.26. The molecule has 0 amide bonds. The lowest BCUT2D eigenvalue weighted by Crippen LogP contribution is -2.20. The van der Waals surface area contributed by atoms with Crippen LogP contribution in [0.4, 0.5) is 4.39 Å². The normalized spacial score (nSPS) is 12.7. The van der Waals surface area contributed by atoms with Gasteiger partial charge in [0.1, 0.15) is 11.1 Å². The van der Waals surface area contributed by atoms with Gasteiger partial charge in [-0.25, -0.2) is 16.8 Å². The van der Waals surface area contributed by atoms with Crippen molar-refractivity contribution in [1.29, 1.82) is 0 Å². The van der Waals surface area contributed by atoms with Gasteiger partial charge in [-0.2, -0.15) is 0 Å². The highest BCUT2D eigenvalue weighted by molar-refractivity contribution is 7.90. The third-order valence-corrected chi connectivity index (χ3v) is 6.67. The molecule has 0 aliphatic rings. The van der Waals surface area contributed by atoms with Crippen LogP contribution in [0.5, 0.6) is 0 Å². The maximum atomic E-state index is 14.5. The van der Waals surface area contributed by atoms with Crippen LogP contribution in [-0.4, -0.2) is 24.4 Å². The van der Waals surface area contributed by atoms with Crippen molar-refractivity contribution in [3.63, 3.8) is 0 Å². The molecule has 0 aliphatic carbocycles. The van der Waals surface area contributed by atoms with E-state index in [0.29, 0.717) is 17.7 Å². The lowest BCUT2D eigenvalue weighted by molar-refractivity contribution is 0.581. The van der Waals surface area contributed by atoms with Gasteiger partial charge in [0.2, 0.25) is 10.0 Å². The van der Waals surface area contributed by atoms with Crippen molar-refractivity contribution in [3.8, 4) is 11.3 Å². The molecule has 2 heterocycles. The number of halogens is 2. The topological polar surface area (TPSA) is 64.0 Å². The van der Waals surface area contributed by atoms with Crippen molar-refractivity contribution in [2.75, 3.05) is 7.05 Å². The first-order chi connectivity index (χ1) is 13.4. The molecular formula is C20H19ClFN3O2S. The minimum atomic E-state index is -4.04. The second-order valence-corrected chi connectivity index (χ2v) is 8.42. The Morgan fingerprint density at radius 2 is 2.07 bits per heavy atom. The van der Waals surface area contributed by atoms with Crippen LogP contribution in [0, 0.1) is 5.82 Å². The van der Waals surface area contributed by atoms with E-state index in [0.717, 1.165) is 3.97 Å². The summed E-state index contributed by atoms with van der Waals surface area (Å²) in [6.07, 6.45) is 5.76. The Morgan fingerprint density at radius 1 is 1.32 bits per heavy atom. The summed E-state index contributed by atoms with van der Waals surface area (Å²) >= 11 is 6.48. The van der Waals surface area contributed by atoms with Crippen LogP contribution in [0.25, 0.3) is 11.3 Å². The van der Waals surface area contributed by atoms with Crippen molar-refractivity contribution in [3.05, 3.63) is 89.6 Å². The van der Waals surface area contributed by atoms with Gasteiger partial charge in [0, 0.05) is 36.3 Å². The number of hydrogen-bond acceptors (Lipinski definition) is 4. The Labute approximate surface area is 168 Å². The molecule has 0 saturated heterocycles. The summed E-state index contributed by atoms with van der Waals surface area (Å²) in [6, 6.07) is 9.22. The first kappa shape index (κ1) is 20.3. The quantitative estimate of drug-likeness (QED) is 0.584. The van der Waals surface area contributed by atoms with Gasteiger partial charge in [-0.3, -0.25) is 4.98 Å². The molecule has 0 saturated carbocycles. The van der Waals surface area contributed by atoms with E-state index in [2.05, 4.69) is 16.9 Å². The number of rotatable bonds is 7. The zero-order chi connectivity index (χ0) is 20.3. The highest BCUT2D eigenvalue weighted by Gasteiger charge is 2.31. The lowest BCUT2D eigenvalue weighted by Gasteiger charge is -2.18. The molecule has 3 rings (SSSR count). The third-order valence-electron chi connectivity index (χ3n) is 4.30. The first-order valence-corrected chi connectivity index (χ1v) is 10.4. The Hall–Kier alpha value is -2.48. The predicted octanol–water partition coefficient (Wildman–Crippen LogP) is 4.17. The monoisotopic (exact) mass is 419 g/mol. The van der Waals surface area contributed by atoms with E-state index in [1.165, 1.54) is 36.7 Å². The largest absolute Gasteiger partial charge is 0.316 e. The molecule has 0 bridgehead atoms. The van der Waals surface area contributed by atoms with Crippen LogP contribution in [0.1, 0.15) is 16.4 Å². The first-order valence-electron chi connectivity index (χ1n) is 8.48. The number of aromatic nitrogens is 2. The second-order valence-electron chi connectivity index (χ2n) is 6.11. The number of hydrogen-bond donors (Lipinski definition) is 1. The Bertz CT molecular complexity index is 1100. The van der Waals surface area contributed by atoms with E-state index in [1.807, 2.05) is 0 Å². The number of nitrogens with one attached hydrogen (secondary N) is 1. The van der Waals surface area contributed by atoms with Gasteiger partial charge in [-0.1, -0.05) is 35.9 Å². The van der Waals surface area contributed by atoms with E-state index in [-0.39, 0.29) is 16.3 Å². The van der Waals surface area contributed by atoms with E-state index in [1.54, 1.807) is 31.4 Å². The van der Waals surface area contributed by atoms with Crippen LogP contribution in [0.15, 0.2) is 67.6 Å². The summed E-state index contributed by atoms with van der Waals surface area (Å²) < 4.78 is 42.6. The molecular weight excluding hydrogens is 401 g/mol. The Balaban J connectivity index is 2.27. The zero-order valence-corrected chi connectivity index (χ0v) is 16.7. The molecule has 5 nitrogen and oxygen atoms in total. The fourth-order valence-corrected chi connectivity index (χ4v) is 5.06. The minimum Gasteiger partial charge on any atom is -0.316 e. The van der Waals surface area contributed by atoms with Crippen molar-refractivity contribution in [1.82, 2.24) is 14.3 Å². The van der Waals surface area contributed by atoms with Crippen molar-refractivity contribution in [2.45, 2.75) is 11.8 Å². The summed E-state index contributed by atoms with van der Waals surface area (Å²) in [7, 11) is -2.32. The summed E-state index contributed by atoms with van der Waals surface area (Å²) in [5.41, 5.74) is 1.19. The molecule has 0 spiro atoms. The number of benzene rings is 1. The number of pyridine rings is 1. The van der Waals surface area contributed by atoms with Crippen molar-refractivity contribution >= 4 is 21.6 Å². The standard InChI is InChI=1S/C20H19ClFN3O2S/c1-3-18(14-7-6-10-24-12-14)28(26,27)25-13-15(11-23-2)19(21)20(25)16-8-4-5-9-17(16)22/h3-10,12-13,18,23H,1,11H2,2H3. The summed E-state index contributed by atoms with van der Waals surface area (Å²) in [6.45, 7) is 4.00. The predicted molar refractivity (Wildman–Crippen MR) is 109 cm³/mol. The highest BCUT2D eigenvalue weighted by atomic mass is 35.5. The Morgan fingerprint density at radius 3 is 2.68 bits per heavy atom. The maximum Gasteiger partial charge on any atom is 0.249 e. The van der Waals surface area contributed by atoms with Crippen molar-refractivity contribution in [2.24, 2.45) is 0 Å². The van der Waals surface area contributed by atoms with E-state index >= 15 is 0 Å². The fraction of sp³-hybridized carbons (Fsp3) is 0.150. The molecule has 1 atom stereocenters. The van der Waals surface area contributed by atoms with Gasteiger partial charge in [0.15, 0.2) is 0 Å². The molecule has 146 valence electrons. The van der Waals surface area contributed by atoms with Gasteiger partial charge < -0.3 is 5.32 Å². The van der Waals surface area contributed by atoms with Gasteiger partial charge in [-0.05, 0) is 30.8 Å². The SMILES string of the molecule is C=CC(c1cccnc1)S(=O)(=O)n1cc(CNC)c(Cl)c1-c1ccccc1F. The molecule has 8 heteroatoms. The summed E-state index contributed by atoms with van der Waals surface area (Å²) in [5.74, 6) is -0.563. The fourth-order valence-electron chi connectivity index (χ4n) is 3.01. The van der Waals surface area contributed by atoms with Crippen LogP contribution >= 0.6 is 11.6 Å². The van der Waals surface area contributed by atoms with Crippen LogP contribution in [0.3, 0.4) is 0 Å². The van der Waals surface area contributed by atoms with Crippen LogP contribution in [-0.2, 0) is 16.6 Å². The van der Waals surface area contributed by atoms with Gasteiger partial charge in [0.25, 0.3) is 0 Å². The summed E-state index contributed by atoms with van der Waals surface area (Å²) in [4.78, 5) is 3.99. The number of nitrogens with zero attached hydrogens (tertiary/aromatic N) is 2. The average Bonchev–Trinajstić information content (AvgIpc) is 3.01. The van der Waals surface area contributed by atoms with Gasteiger partial charge in [0.05, 0.1) is 10.7 Å². The maximum absolute atomic E-state index is 14.5. The minimum absolute atomic E-state index is 0.0840. The highest BCUT2D eigenvalue weighted by Crippen LogP contribution is 2.38. The molecule has 1 aromatic carbocycles. The van der Waals surface area contributed by atoms with Crippen molar-refractivity contribution < 1.29 is 12.8 Å². The molecule has 0 radical (unpaired) electrons. The molecule has 0 aliphatic heterocycles. The van der Waals surface area contributed by atoms with E-state index in [4.69, 9.17) is 11.6 Å². The van der Waals surface area contributed by atoms with Crippen LogP contribution < -0.4 is 5.32 Å². The molecule has 3 aromatic rings. The lowest BCUT2D eigenvalue weighted by atomic mass is 10.1. The molecule has 28 heavy (non-hydrogen) atoms. The summed E-state index contributed by atoms with van der Waals surface area (Å²) in [5, 5.41) is 2.05. The van der Waals surface area contributed by atoms with Gasteiger partial charge >= 0.3 is 0 Å². The van der Waals surface area contributed by atoms with Crippen LogP contribution in [0.2, 0.25) is 5.02 Å². The zero-order valence-electron chi connectivity index (χ0n) is 15.1. The smallest absolute Gasteiger partial charge is 0.249 e. The van der Waals surface area contributed by atoms with E-state index < -0.39 is 21.1 Å². The van der Waals surface area contributed by atoms with Gasteiger partial charge in [-0.15, -0.1) is 6.58 Å². The third kappa shape index (κ3) is 3.61. The molecule has 1 N–H and O–H groups in total.